The lowest BCUT2D eigenvalue weighted by molar-refractivity contribution is -0.604. The van der Waals surface area contributed by atoms with Gasteiger partial charge in [-0.1, -0.05) is 6.07 Å². The summed E-state index contributed by atoms with van der Waals surface area (Å²) in [4.78, 5) is 12.9. The third-order valence-electron chi connectivity index (χ3n) is 4.93. The number of nitrogens with zero attached hydrogens (tertiary/aromatic N) is 1. The maximum absolute atomic E-state index is 15.4. The minimum absolute atomic E-state index is 0.0741. The third-order valence-corrected chi connectivity index (χ3v) is 4.93. The lowest BCUT2D eigenvalue weighted by Crippen LogP contribution is -2.26. The van der Waals surface area contributed by atoms with Crippen LogP contribution in [-0.4, -0.2) is 12.3 Å². The number of anilines is 1. The van der Waals surface area contributed by atoms with Gasteiger partial charge in [0, 0.05) is 6.07 Å². The van der Waals surface area contributed by atoms with E-state index >= 15 is 4.39 Å². The summed E-state index contributed by atoms with van der Waals surface area (Å²) >= 11 is 0. The first-order valence-electron chi connectivity index (χ1n) is 10.0. The van der Waals surface area contributed by atoms with Crippen LogP contribution >= 0.6 is 0 Å². The van der Waals surface area contributed by atoms with Gasteiger partial charge >= 0.3 is 6.36 Å². The molecule has 1 heterocycles. The Morgan fingerprint density at radius 3 is 2.42 bits per heavy atom. The van der Waals surface area contributed by atoms with Crippen LogP contribution in [0, 0.1) is 16.9 Å². The highest BCUT2D eigenvalue weighted by Crippen LogP contribution is 2.36. The molecule has 2 aromatic carbocycles. The van der Waals surface area contributed by atoms with Crippen LogP contribution in [0.2, 0.25) is 0 Å². The molecule has 0 aliphatic heterocycles. The number of hydrogen-bond acceptors (Lipinski definition) is 4. The molecule has 0 spiro atoms. The number of alkyl halides is 3. The van der Waals surface area contributed by atoms with Gasteiger partial charge < -0.3 is 20.0 Å². The first-order chi connectivity index (χ1) is 15.7. The molecule has 1 N–H and O–H groups in total. The van der Waals surface area contributed by atoms with Crippen molar-refractivity contribution >= 4 is 11.6 Å². The van der Waals surface area contributed by atoms with Crippen LogP contribution < -0.4 is 19.5 Å². The van der Waals surface area contributed by atoms with Crippen molar-refractivity contribution in [3.63, 3.8) is 0 Å². The molecule has 1 saturated carbocycles. The predicted octanol–water partition coefficient (Wildman–Crippen LogP) is 5.35. The molecule has 1 aliphatic carbocycles. The van der Waals surface area contributed by atoms with Gasteiger partial charge in [0.25, 0.3) is 5.91 Å². The fraction of sp³-hybridized carbons (Fsp3) is 0.217. The number of benzene rings is 2. The Kier molecular flexibility index (Phi) is 6.08. The summed E-state index contributed by atoms with van der Waals surface area (Å²) in [7, 11) is 0. The molecule has 1 fully saturated rings. The summed E-state index contributed by atoms with van der Waals surface area (Å²) in [5.41, 5.74) is 0.144. The number of aromatic nitrogens is 1. The second-order valence-electron chi connectivity index (χ2n) is 7.59. The van der Waals surface area contributed by atoms with E-state index in [0.29, 0.717) is 22.6 Å². The maximum Gasteiger partial charge on any atom is 0.573 e. The second-order valence-corrected chi connectivity index (χ2v) is 7.59. The highest BCUT2D eigenvalue weighted by Gasteiger charge is 2.31. The molecule has 10 heteroatoms. The van der Waals surface area contributed by atoms with Crippen molar-refractivity contribution in [1.82, 2.24) is 0 Å². The molecule has 0 bridgehead atoms. The van der Waals surface area contributed by atoms with E-state index in [-0.39, 0.29) is 22.7 Å². The third kappa shape index (κ3) is 5.91. The van der Waals surface area contributed by atoms with Crippen LogP contribution in [0.5, 0.6) is 17.2 Å². The summed E-state index contributed by atoms with van der Waals surface area (Å²) in [6.07, 6.45) is -0.0509. The van der Waals surface area contributed by atoms with Crippen LogP contribution in [0.1, 0.15) is 28.8 Å². The van der Waals surface area contributed by atoms with Crippen LogP contribution in [0.4, 0.5) is 23.2 Å². The van der Waals surface area contributed by atoms with Gasteiger partial charge in [-0.15, -0.1) is 13.2 Å². The Morgan fingerprint density at radius 2 is 1.79 bits per heavy atom. The molecule has 33 heavy (non-hydrogen) atoms. The average molecular weight is 462 g/mol. The van der Waals surface area contributed by atoms with E-state index in [1.807, 2.05) is 0 Å². The van der Waals surface area contributed by atoms with E-state index in [9.17, 15) is 23.2 Å². The quantitative estimate of drug-likeness (QED) is 0.292. The van der Waals surface area contributed by atoms with E-state index in [0.717, 1.165) is 31.2 Å². The van der Waals surface area contributed by atoms with Crippen molar-refractivity contribution in [2.45, 2.75) is 25.6 Å². The van der Waals surface area contributed by atoms with Crippen LogP contribution in [-0.2, 0) is 6.42 Å². The van der Waals surface area contributed by atoms with Crippen LogP contribution in [0.3, 0.4) is 0 Å². The lowest BCUT2D eigenvalue weighted by atomic mass is 10.0. The Morgan fingerprint density at radius 1 is 1.09 bits per heavy atom. The molecule has 172 valence electrons. The van der Waals surface area contributed by atoms with Crippen molar-refractivity contribution in [3.05, 3.63) is 83.1 Å². The Balaban J connectivity index is 1.62. The number of carbonyl (C=O) groups is 1. The van der Waals surface area contributed by atoms with Gasteiger partial charge in [0.1, 0.15) is 34.3 Å². The maximum atomic E-state index is 15.4. The van der Waals surface area contributed by atoms with E-state index < -0.39 is 23.8 Å². The van der Waals surface area contributed by atoms with E-state index in [2.05, 4.69) is 10.1 Å². The van der Waals surface area contributed by atoms with Crippen molar-refractivity contribution in [3.8, 4) is 17.2 Å². The van der Waals surface area contributed by atoms with Gasteiger partial charge in [-0.25, -0.2) is 4.39 Å². The molecular formula is C23H18F4N2O4. The summed E-state index contributed by atoms with van der Waals surface area (Å²) in [6.45, 7) is 0. The van der Waals surface area contributed by atoms with E-state index in [1.54, 1.807) is 0 Å². The number of amides is 1. The topological polar surface area (TPSA) is 74.5 Å². The van der Waals surface area contributed by atoms with Crippen molar-refractivity contribution in [1.29, 1.82) is 0 Å². The highest BCUT2D eigenvalue weighted by molar-refractivity contribution is 6.06. The number of rotatable bonds is 7. The Labute approximate surface area is 186 Å². The largest absolute Gasteiger partial charge is 0.619 e. The van der Waals surface area contributed by atoms with E-state index in [4.69, 9.17) is 4.74 Å². The molecule has 1 amide bonds. The van der Waals surface area contributed by atoms with Crippen molar-refractivity contribution in [2.75, 3.05) is 5.32 Å². The fourth-order valence-corrected chi connectivity index (χ4v) is 3.25. The summed E-state index contributed by atoms with van der Waals surface area (Å²) in [6, 6.07) is 10.3. The van der Waals surface area contributed by atoms with Gasteiger partial charge in [-0.05, 0) is 67.1 Å². The van der Waals surface area contributed by atoms with Crippen molar-refractivity contribution < 1.29 is 36.6 Å². The molecule has 0 saturated heterocycles. The average Bonchev–Trinajstić information content (AvgIpc) is 3.55. The SMILES string of the molecule is O=C(Nc1ccc[n+]([O-])c1)c1c(Oc2ccc(OC(F)(F)F)cc2)ccc(CC2CC2)c1F. The molecule has 4 rings (SSSR count). The summed E-state index contributed by atoms with van der Waals surface area (Å²) < 4.78 is 62.3. The molecule has 1 aromatic heterocycles. The van der Waals surface area contributed by atoms with Crippen molar-refractivity contribution in [2.24, 2.45) is 5.92 Å². The van der Waals surface area contributed by atoms with Gasteiger partial charge in [0.2, 0.25) is 6.20 Å². The smallest absolute Gasteiger partial charge is 0.573 e. The minimum atomic E-state index is -4.84. The number of halogens is 4. The number of hydrogen-bond donors (Lipinski definition) is 1. The molecule has 3 aromatic rings. The van der Waals surface area contributed by atoms with Gasteiger partial charge in [0.15, 0.2) is 6.20 Å². The number of ether oxygens (including phenoxy) is 2. The van der Waals surface area contributed by atoms with E-state index in [1.165, 1.54) is 42.6 Å². The molecule has 0 atom stereocenters. The zero-order valence-electron chi connectivity index (χ0n) is 17.1. The number of carbonyl (C=O) groups excluding carboxylic acids is 1. The second kappa shape index (κ2) is 8.97. The monoisotopic (exact) mass is 462 g/mol. The number of pyridine rings is 1. The molecule has 0 radical (unpaired) electrons. The van der Waals surface area contributed by atoms with Crippen LogP contribution in [0.25, 0.3) is 0 Å². The molecule has 6 nitrogen and oxygen atoms in total. The Hall–Kier alpha value is -3.82. The van der Waals surface area contributed by atoms with Gasteiger partial charge in [-0.2, -0.15) is 4.73 Å². The Bertz CT molecular complexity index is 1160. The van der Waals surface area contributed by atoms with Gasteiger partial charge in [0.05, 0.1) is 0 Å². The zero-order chi connectivity index (χ0) is 23.6. The fourth-order valence-electron chi connectivity index (χ4n) is 3.25. The highest BCUT2D eigenvalue weighted by atomic mass is 19.4. The zero-order valence-corrected chi connectivity index (χ0v) is 17.1. The summed E-state index contributed by atoms with van der Waals surface area (Å²) in [5.74, 6) is -1.72. The first kappa shape index (κ1) is 22.4. The van der Waals surface area contributed by atoms with Crippen LogP contribution in [0.15, 0.2) is 60.9 Å². The normalized spacial score (nSPS) is 13.5. The van der Waals surface area contributed by atoms with Gasteiger partial charge in [-0.3, -0.25) is 4.79 Å². The predicted molar refractivity (Wildman–Crippen MR) is 109 cm³/mol. The first-order valence-corrected chi connectivity index (χ1v) is 10.0. The molecule has 0 unspecified atom stereocenters. The molecular weight excluding hydrogens is 444 g/mol. The summed E-state index contributed by atoms with van der Waals surface area (Å²) in [5, 5.41) is 13.9. The number of nitrogens with one attached hydrogen (secondary N) is 1. The standard InChI is InChI=1S/C23H18F4N2O4/c24-21-15(12-14-3-4-14)5-10-19(20(21)22(30)28-16-2-1-11-29(31)13-16)32-17-6-8-18(9-7-17)33-23(25,26)27/h1-2,5-11,13-14H,3-4,12H2,(H,28,30). The minimum Gasteiger partial charge on any atom is -0.619 e. The lowest BCUT2D eigenvalue weighted by Gasteiger charge is -2.15. The molecule has 1 aliphatic rings.